The van der Waals surface area contributed by atoms with Gasteiger partial charge in [-0.15, -0.1) is 0 Å². The molecule has 0 radical (unpaired) electrons. The standard InChI is InChI=1S/C28H37F3N2O6S.C2H6/c1-25(2,3)38-23(34)21(33-24(35)39-26(4,5)6)14-16-40-17-15-27(36,28(29,30)31)22-13-12-20(18-32-22)37-19-10-8-7-9-11-19;1-2/h7-13,18,21,36H,14-17H2,1-6H3,(H,33,35);1-2H3. The summed E-state index contributed by atoms with van der Waals surface area (Å²) in [5.74, 6) is 0.121. The van der Waals surface area contributed by atoms with Crippen LogP contribution in [0.3, 0.4) is 0 Å². The summed E-state index contributed by atoms with van der Waals surface area (Å²) in [7, 11) is 0. The second-order valence-electron chi connectivity index (χ2n) is 11.0. The quantitative estimate of drug-likeness (QED) is 0.199. The van der Waals surface area contributed by atoms with Crippen LogP contribution in [0.2, 0.25) is 0 Å². The van der Waals surface area contributed by atoms with E-state index in [9.17, 15) is 27.9 Å². The second-order valence-corrected chi connectivity index (χ2v) is 12.3. The van der Waals surface area contributed by atoms with Crippen LogP contribution in [0.25, 0.3) is 0 Å². The van der Waals surface area contributed by atoms with E-state index in [1.165, 1.54) is 6.07 Å². The molecule has 0 aliphatic carbocycles. The van der Waals surface area contributed by atoms with Gasteiger partial charge in [0, 0.05) is 0 Å². The number of aliphatic hydroxyl groups is 1. The molecule has 0 saturated heterocycles. The number of rotatable bonds is 11. The van der Waals surface area contributed by atoms with E-state index in [-0.39, 0.29) is 23.7 Å². The first-order chi connectivity index (χ1) is 19.4. The SMILES string of the molecule is CC.CC(C)(C)OC(=O)NC(CCSCCC(O)(c1ccc(Oc2ccccc2)cn1)C(F)(F)F)C(=O)OC(C)(C)C. The van der Waals surface area contributed by atoms with E-state index in [0.29, 0.717) is 5.75 Å². The number of esters is 1. The van der Waals surface area contributed by atoms with Gasteiger partial charge in [0.2, 0.25) is 5.60 Å². The molecule has 2 atom stereocenters. The van der Waals surface area contributed by atoms with Crippen LogP contribution in [0.1, 0.15) is 73.9 Å². The molecule has 8 nitrogen and oxygen atoms in total. The smallest absolute Gasteiger partial charge is 0.423 e. The van der Waals surface area contributed by atoms with Crippen molar-refractivity contribution in [1.29, 1.82) is 0 Å². The molecule has 0 spiro atoms. The summed E-state index contributed by atoms with van der Waals surface area (Å²) in [5, 5.41) is 13.1. The molecule has 2 unspecified atom stereocenters. The average molecular weight is 617 g/mol. The second kappa shape index (κ2) is 16.0. The first-order valence-electron chi connectivity index (χ1n) is 13.7. The Morgan fingerprint density at radius 2 is 1.50 bits per heavy atom. The van der Waals surface area contributed by atoms with Gasteiger partial charge in [-0.25, -0.2) is 9.59 Å². The highest BCUT2D eigenvalue weighted by molar-refractivity contribution is 7.99. The molecule has 1 amide bonds. The highest BCUT2D eigenvalue weighted by Crippen LogP contribution is 2.42. The zero-order valence-electron chi connectivity index (χ0n) is 25.5. The number of nitrogens with zero attached hydrogens (tertiary/aromatic N) is 1. The molecule has 2 N–H and O–H groups in total. The van der Waals surface area contributed by atoms with Gasteiger partial charge in [0.1, 0.15) is 28.7 Å². The first kappa shape index (κ1) is 37.0. The van der Waals surface area contributed by atoms with Gasteiger partial charge < -0.3 is 24.6 Å². The molecule has 1 aromatic carbocycles. The number of alkyl halides is 3. The summed E-state index contributed by atoms with van der Waals surface area (Å²) in [6, 6.07) is 10.0. The maximum absolute atomic E-state index is 14.0. The van der Waals surface area contributed by atoms with Crippen LogP contribution in [0, 0.1) is 0 Å². The van der Waals surface area contributed by atoms with Crippen LogP contribution in [-0.4, -0.2) is 57.1 Å². The van der Waals surface area contributed by atoms with E-state index >= 15 is 0 Å². The summed E-state index contributed by atoms with van der Waals surface area (Å²) in [5.41, 5.74) is -5.35. The average Bonchev–Trinajstić information content (AvgIpc) is 2.87. The van der Waals surface area contributed by atoms with Crippen LogP contribution in [0.5, 0.6) is 11.5 Å². The number of benzene rings is 1. The molecule has 0 aliphatic rings. The molecular formula is C30H43F3N2O6S. The van der Waals surface area contributed by atoms with Crippen molar-refractivity contribution in [2.75, 3.05) is 11.5 Å². The van der Waals surface area contributed by atoms with Crippen molar-refractivity contribution >= 4 is 23.8 Å². The Labute approximate surface area is 250 Å². The van der Waals surface area contributed by atoms with Gasteiger partial charge in [0.15, 0.2) is 0 Å². The molecule has 236 valence electrons. The first-order valence-corrected chi connectivity index (χ1v) is 14.8. The van der Waals surface area contributed by atoms with Crippen LogP contribution in [0.4, 0.5) is 18.0 Å². The fraction of sp³-hybridized carbons (Fsp3) is 0.567. The number of aromatic nitrogens is 1. The lowest BCUT2D eigenvalue weighted by Gasteiger charge is -2.30. The fourth-order valence-corrected chi connectivity index (χ4v) is 4.37. The number of halogens is 3. The number of hydrogen-bond donors (Lipinski definition) is 2. The van der Waals surface area contributed by atoms with E-state index in [4.69, 9.17) is 14.2 Å². The van der Waals surface area contributed by atoms with E-state index < -0.39 is 53.2 Å². The minimum atomic E-state index is -4.99. The van der Waals surface area contributed by atoms with Gasteiger partial charge >= 0.3 is 18.2 Å². The van der Waals surface area contributed by atoms with Gasteiger partial charge in [-0.3, -0.25) is 4.98 Å². The normalized spacial score (nSPS) is 14.0. The number of ether oxygens (including phenoxy) is 3. The summed E-state index contributed by atoms with van der Waals surface area (Å²) in [6.45, 7) is 14.0. The van der Waals surface area contributed by atoms with E-state index in [1.54, 1.807) is 71.9 Å². The highest BCUT2D eigenvalue weighted by atomic mass is 32.2. The Hall–Kier alpha value is -2.99. The van der Waals surface area contributed by atoms with Crippen molar-refractivity contribution < 1.29 is 42.1 Å². The molecule has 42 heavy (non-hydrogen) atoms. The van der Waals surface area contributed by atoms with Crippen LogP contribution in [-0.2, 0) is 19.9 Å². The highest BCUT2D eigenvalue weighted by Gasteiger charge is 2.55. The van der Waals surface area contributed by atoms with Crippen molar-refractivity contribution in [3.63, 3.8) is 0 Å². The van der Waals surface area contributed by atoms with Gasteiger partial charge in [0.05, 0.1) is 11.9 Å². The Morgan fingerprint density at radius 1 is 0.905 bits per heavy atom. The minimum Gasteiger partial charge on any atom is -0.458 e. The van der Waals surface area contributed by atoms with Crippen molar-refractivity contribution in [2.24, 2.45) is 0 Å². The molecule has 2 rings (SSSR count). The van der Waals surface area contributed by atoms with Gasteiger partial charge in [-0.2, -0.15) is 24.9 Å². The monoisotopic (exact) mass is 616 g/mol. The molecule has 0 saturated carbocycles. The molecule has 2 aromatic rings. The minimum absolute atomic E-state index is 0.0764. The number of amides is 1. The fourth-order valence-electron chi connectivity index (χ4n) is 3.32. The van der Waals surface area contributed by atoms with Gasteiger partial charge in [-0.05, 0) is 90.2 Å². The summed E-state index contributed by atoms with van der Waals surface area (Å²) >= 11 is 1.09. The maximum atomic E-state index is 14.0. The number of alkyl carbamates (subject to hydrolysis) is 1. The largest absolute Gasteiger partial charge is 0.458 e. The molecule has 12 heteroatoms. The Kier molecular flexibility index (Phi) is 14.1. The lowest BCUT2D eigenvalue weighted by atomic mass is 9.95. The zero-order chi connectivity index (χ0) is 32.2. The number of hydrogen-bond acceptors (Lipinski definition) is 8. The predicted molar refractivity (Wildman–Crippen MR) is 158 cm³/mol. The number of carbonyl (C=O) groups is 2. The van der Waals surface area contributed by atoms with Crippen LogP contribution in [0.15, 0.2) is 48.7 Å². The molecule has 1 heterocycles. The topological polar surface area (TPSA) is 107 Å². The number of para-hydroxylation sites is 1. The molecular weight excluding hydrogens is 573 g/mol. The van der Waals surface area contributed by atoms with Crippen LogP contribution < -0.4 is 10.1 Å². The van der Waals surface area contributed by atoms with E-state index in [1.807, 2.05) is 13.8 Å². The Bertz CT molecular complexity index is 1100. The third-order valence-corrected chi connectivity index (χ3v) is 6.17. The van der Waals surface area contributed by atoms with Crippen molar-refractivity contribution in [3.05, 3.63) is 54.4 Å². The molecule has 0 bridgehead atoms. The maximum Gasteiger partial charge on any atom is 0.423 e. The Morgan fingerprint density at radius 3 is 2.00 bits per heavy atom. The van der Waals surface area contributed by atoms with Crippen molar-refractivity contribution in [3.8, 4) is 11.5 Å². The number of nitrogens with one attached hydrogen (secondary N) is 1. The number of thioether (sulfide) groups is 1. The number of pyridine rings is 1. The van der Waals surface area contributed by atoms with E-state index in [2.05, 4.69) is 10.3 Å². The van der Waals surface area contributed by atoms with E-state index in [0.717, 1.165) is 24.0 Å². The van der Waals surface area contributed by atoms with Gasteiger partial charge in [-0.1, -0.05) is 32.0 Å². The molecule has 1 aromatic heterocycles. The Balaban J connectivity index is 0.00000431. The molecule has 0 aliphatic heterocycles. The third kappa shape index (κ3) is 12.9. The lowest BCUT2D eigenvalue weighted by molar-refractivity contribution is -0.268. The third-order valence-electron chi connectivity index (χ3n) is 5.15. The summed E-state index contributed by atoms with van der Waals surface area (Å²) < 4.78 is 58.0. The van der Waals surface area contributed by atoms with Gasteiger partial charge in [0.25, 0.3) is 0 Å². The lowest BCUT2D eigenvalue weighted by Crippen LogP contribution is -2.46. The molecule has 0 fully saturated rings. The van der Waals surface area contributed by atoms with Crippen molar-refractivity contribution in [2.45, 2.75) is 97.3 Å². The summed E-state index contributed by atoms with van der Waals surface area (Å²) in [4.78, 5) is 28.7. The predicted octanol–water partition coefficient (Wildman–Crippen LogP) is 7.40. The number of carbonyl (C=O) groups excluding carboxylic acids is 2. The zero-order valence-corrected chi connectivity index (χ0v) is 26.3. The summed E-state index contributed by atoms with van der Waals surface area (Å²) in [6.07, 6.45) is -5.28. The van der Waals surface area contributed by atoms with Crippen molar-refractivity contribution in [1.82, 2.24) is 10.3 Å². The van der Waals surface area contributed by atoms with Crippen LogP contribution >= 0.6 is 11.8 Å².